The van der Waals surface area contributed by atoms with Crippen molar-refractivity contribution in [3.8, 4) is 0 Å². The van der Waals surface area contributed by atoms with Crippen LogP contribution in [0.3, 0.4) is 0 Å². The molecular formula is C33H63P. The van der Waals surface area contributed by atoms with Crippen LogP contribution in [0.5, 0.6) is 0 Å². The first-order valence-electron chi connectivity index (χ1n) is 16.3. The lowest BCUT2D eigenvalue weighted by molar-refractivity contribution is 0.373. The predicted octanol–water partition coefficient (Wildman–Crippen LogP) is 12.3. The monoisotopic (exact) mass is 490 g/mol. The van der Waals surface area contributed by atoms with Crippen LogP contribution in [-0.2, 0) is 0 Å². The van der Waals surface area contributed by atoms with E-state index in [1.165, 1.54) is 135 Å². The fraction of sp³-hybridized carbons (Fsp3) is 1.00. The van der Waals surface area contributed by atoms with Crippen molar-refractivity contribution in [1.82, 2.24) is 0 Å². The van der Waals surface area contributed by atoms with E-state index in [4.69, 9.17) is 0 Å². The van der Waals surface area contributed by atoms with Crippen molar-refractivity contribution in [1.29, 1.82) is 0 Å². The molecular weight excluding hydrogens is 427 g/mol. The van der Waals surface area contributed by atoms with Gasteiger partial charge in [0.25, 0.3) is 0 Å². The number of hydrogen-bond acceptors (Lipinski definition) is 0. The summed E-state index contributed by atoms with van der Waals surface area (Å²) in [4.78, 5) is 0. The van der Waals surface area contributed by atoms with E-state index < -0.39 is 0 Å². The van der Waals surface area contributed by atoms with E-state index in [0.717, 1.165) is 0 Å². The Balaban J connectivity index is 1.96. The van der Waals surface area contributed by atoms with Crippen LogP contribution in [0.1, 0.15) is 194 Å². The van der Waals surface area contributed by atoms with Crippen molar-refractivity contribution >= 4 is 7.92 Å². The second kappa shape index (κ2) is 15.0. The molecule has 0 N–H and O–H groups in total. The molecule has 0 aromatic carbocycles. The van der Waals surface area contributed by atoms with Gasteiger partial charge in [-0.1, -0.05) is 164 Å². The van der Waals surface area contributed by atoms with E-state index in [0.29, 0.717) is 15.5 Å². The maximum absolute atomic E-state index is 2.86. The highest BCUT2D eigenvalue weighted by Crippen LogP contribution is 2.74. The molecule has 0 heterocycles. The van der Waals surface area contributed by atoms with E-state index in [1.54, 1.807) is 38.5 Å². The molecule has 3 saturated carbocycles. The first kappa shape index (κ1) is 29.0. The summed E-state index contributed by atoms with van der Waals surface area (Å²) in [5.41, 5.74) is 0. The highest BCUT2D eigenvalue weighted by atomic mass is 31.1. The maximum atomic E-state index is 2.86. The van der Waals surface area contributed by atoms with Crippen molar-refractivity contribution < 1.29 is 0 Å². The molecule has 0 spiro atoms. The van der Waals surface area contributed by atoms with Crippen molar-refractivity contribution in [2.75, 3.05) is 0 Å². The highest BCUT2D eigenvalue weighted by molar-refractivity contribution is 7.62. The van der Waals surface area contributed by atoms with Crippen LogP contribution in [0.15, 0.2) is 0 Å². The van der Waals surface area contributed by atoms with Crippen molar-refractivity contribution in [2.45, 2.75) is 210 Å². The summed E-state index contributed by atoms with van der Waals surface area (Å²) in [6.45, 7) is 8.57. The van der Waals surface area contributed by atoms with Crippen LogP contribution < -0.4 is 0 Å². The Kier molecular flexibility index (Phi) is 12.8. The Morgan fingerprint density at radius 3 is 0.588 bits per heavy atom. The summed E-state index contributed by atoms with van der Waals surface area (Å²) in [5.74, 6) is 0. The summed E-state index contributed by atoms with van der Waals surface area (Å²) in [7, 11) is -0.00947. The molecule has 0 aromatic heterocycles. The SMILES string of the molecule is CC1(P(C2(C)CCCCCCCCC2)C2(C)CCCCCCCCC2)CCCCCCCCC1. The molecule has 200 valence electrons. The fourth-order valence-corrected chi connectivity index (χ4v) is 14.9. The third kappa shape index (κ3) is 8.77. The van der Waals surface area contributed by atoms with Gasteiger partial charge in [0.15, 0.2) is 0 Å². The lowest BCUT2D eigenvalue weighted by Crippen LogP contribution is -2.44. The standard InChI is InChI=1S/C33H63P/c1-31(25-19-13-7-4-8-14-20-26-31)34(32(2)27-21-15-9-5-10-16-22-28-32)33(3)29-23-17-11-6-12-18-24-30-33/h4-30H2,1-3H3. The van der Waals surface area contributed by atoms with Crippen LogP contribution in [0.4, 0.5) is 0 Å². The van der Waals surface area contributed by atoms with E-state index in [2.05, 4.69) is 20.8 Å². The summed E-state index contributed by atoms with van der Waals surface area (Å²) < 4.78 is 0. The Bertz CT molecular complexity index is 431. The summed E-state index contributed by atoms with van der Waals surface area (Å²) in [6, 6.07) is 0. The number of hydrogen-bond donors (Lipinski definition) is 0. The van der Waals surface area contributed by atoms with E-state index >= 15 is 0 Å². The first-order valence-corrected chi connectivity index (χ1v) is 17.6. The van der Waals surface area contributed by atoms with Crippen LogP contribution in [0.2, 0.25) is 0 Å². The van der Waals surface area contributed by atoms with Crippen LogP contribution in [0, 0.1) is 0 Å². The lowest BCUT2D eigenvalue weighted by atomic mass is 9.90. The van der Waals surface area contributed by atoms with Crippen molar-refractivity contribution in [2.24, 2.45) is 0 Å². The third-order valence-electron chi connectivity index (χ3n) is 10.4. The summed E-state index contributed by atoms with van der Waals surface area (Å²) in [6.07, 6.45) is 40.9. The van der Waals surface area contributed by atoms with Gasteiger partial charge in [0.05, 0.1) is 0 Å². The molecule has 3 fully saturated rings. The molecule has 0 unspecified atom stereocenters. The third-order valence-corrected chi connectivity index (χ3v) is 15.0. The minimum Gasteiger partial charge on any atom is -0.0884 e. The first-order chi connectivity index (χ1) is 16.5. The maximum Gasteiger partial charge on any atom is -0.0113 e. The zero-order chi connectivity index (χ0) is 24.2. The topological polar surface area (TPSA) is 0 Å². The van der Waals surface area contributed by atoms with Crippen molar-refractivity contribution in [3.05, 3.63) is 0 Å². The molecule has 0 nitrogen and oxygen atoms in total. The van der Waals surface area contributed by atoms with E-state index in [-0.39, 0.29) is 7.92 Å². The van der Waals surface area contributed by atoms with Gasteiger partial charge in [-0.15, -0.1) is 0 Å². The molecule has 3 rings (SSSR count). The van der Waals surface area contributed by atoms with Gasteiger partial charge in [0, 0.05) is 0 Å². The zero-order valence-electron chi connectivity index (χ0n) is 24.0. The number of rotatable bonds is 3. The molecule has 0 atom stereocenters. The van der Waals surface area contributed by atoms with Gasteiger partial charge in [-0.25, -0.2) is 0 Å². The average Bonchev–Trinajstić information content (AvgIpc) is 2.81. The predicted molar refractivity (Wildman–Crippen MR) is 157 cm³/mol. The van der Waals surface area contributed by atoms with Gasteiger partial charge in [0.2, 0.25) is 0 Å². The van der Waals surface area contributed by atoms with Gasteiger partial charge in [0.1, 0.15) is 0 Å². The van der Waals surface area contributed by atoms with Gasteiger partial charge in [-0.05, 0) is 54.0 Å². The second-order valence-corrected chi connectivity index (χ2v) is 17.7. The largest absolute Gasteiger partial charge is 0.0884 e. The summed E-state index contributed by atoms with van der Waals surface area (Å²) in [5, 5.41) is 1.85. The molecule has 0 radical (unpaired) electrons. The molecule has 0 saturated heterocycles. The lowest BCUT2D eigenvalue weighted by Gasteiger charge is -2.58. The molecule has 34 heavy (non-hydrogen) atoms. The van der Waals surface area contributed by atoms with Crippen LogP contribution in [-0.4, -0.2) is 15.5 Å². The van der Waals surface area contributed by atoms with Crippen molar-refractivity contribution in [3.63, 3.8) is 0 Å². The smallest absolute Gasteiger partial charge is 0.0113 e. The second-order valence-electron chi connectivity index (χ2n) is 13.8. The normalized spacial score (nSPS) is 28.6. The Morgan fingerprint density at radius 1 is 0.265 bits per heavy atom. The molecule has 3 aliphatic rings. The van der Waals surface area contributed by atoms with Gasteiger partial charge in [-0.2, -0.15) is 0 Å². The van der Waals surface area contributed by atoms with Crippen LogP contribution in [0.25, 0.3) is 0 Å². The fourth-order valence-electron chi connectivity index (χ4n) is 8.69. The molecule has 1 heteroatoms. The van der Waals surface area contributed by atoms with E-state index in [1.807, 2.05) is 0 Å². The van der Waals surface area contributed by atoms with Gasteiger partial charge in [-0.3, -0.25) is 0 Å². The molecule has 0 amide bonds. The Morgan fingerprint density at radius 2 is 0.412 bits per heavy atom. The average molecular weight is 491 g/mol. The minimum atomic E-state index is -0.00947. The zero-order valence-corrected chi connectivity index (χ0v) is 24.9. The molecule has 0 aromatic rings. The minimum absolute atomic E-state index is 0.00947. The van der Waals surface area contributed by atoms with Gasteiger partial charge >= 0.3 is 0 Å². The Labute approximate surface area is 217 Å². The summed E-state index contributed by atoms with van der Waals surface area (Å²) >= 11 is 0. The molecule has 0 bridgehead atoms. The van der Waals surface area contributed by atoms with E-state index in [9.17, 15) is 0 Å². The quantitative estimate of drug-likeness (QED) is 0.345. The molecule has 3 aliphatic carbocycles. The van der Waals surface area contributed by atoms with Gasteiger partial charge < -0.3 is 0 Å². The van der Waals surface area contributed by atoms with Crippen LogP contribution >= 0.6 is 7.92 Å². The Hall–Kier alpha value is 0.430. The highest BCUT2D eigenvalue weighted by Gasteiger charge is 2.52. The molecule has 0 aliphatic heterocycles.